The van der Waals surface area contributed by atoms with E-state index in [1.54, 1.807) is 14.2 Å². The standard InChI is InChI=1S/C24H37NO5/c1-7-16(4)29-24(26)30-21-13-20-19-12-23(28-6)22(27-5)11-17(19)8-9-25(20)14-18(21)10-15(2)3/h11-12,15-16,18,20-21H,7-10,13-14H2,1-6H3. The molecule has 0 bridgehead atoms. The molecule has 30 heavy (non-hydrogen) atoms. The maximum atomic E-state index is 12.4. The number of hydrogen-bond acceptors (Lipinski definition) is 6. The van der Waals surface area contributed by atoms with Crippen LogP contribution in [0.3, 0.4) is 0 Å². The second kappa shape index (κ2) is 9.90. The number of rotatable bonds is 7. The van der Waals surface area contributed by atoms with Crippen LogP contribution in [0.15, 0.2) is 12.1 Å². The second-order valence-corrected chi connectivity index (χ2v) is 9.04. The molecule has 1 aromatic carbocycles. The third-order valence-corrected chi connectivity index (χ3v) is 6.46. The molecule has 1 aromatic rings. The summed E-state index contributed by atoms with van der Waals surface area (Å²) < 4.78 is 22.4. The van der Waals surface area contributed by atoms with Gasteiger partial charge in [0.25, 0.3) is 0 Å². The molecule has 168 valence electrons. The Labute approximate surface area is 180 Å². The zero-order chi connectivity index (χ0) is 21.8. The highest BCUT2D eigenvalue weighted by Gasteiger charge is 2.41. The van der Waals surface area contributed by atoms with Gasteiger partial charge in [0.2, 0.25) is 0 Å². The van der Waals surface area contributed by atoms with E-state index in [-0.39, 0.29) is 18.2 Å². The number of carbonyl (C=O) groups excluding carboxylic acids is 1. The lowest BCUT2D eigenvalue weighted by Crippen LogP contribution is -2.49. The van der Waals surface area contributed by atoms with Crippen molar-refractivity contribution in [2.75, 3.05) is 27.3 Å². The zero-order valence-corrected chi connectivity index (χ0v) is 19.3. The summed E-state index contributed by atoms with van der Waals surface area (Å²) in [5, 5.41) is 0. The summed E-state index contributed by atoms with van der Waals surface area (Å²) in [6.07, 6.45) is 2.75. The molecule has 6 heteroatoms. The molecule has 2 aliphatic rings. The van der Waals surface area contributed by atoms with Crippen LogP contribution < -0.4 is 9.47 Å². The van der Waals surface area contributed by atoms with Gasteiger partial charge in [0.05, 0.1) is 14.2 Å². The normalized spacial score (nSPS) is 24.6. The summed E-state index contributed by atoms with van der Waals surface area (Å²) in [4.78, 5) is 14.9. The van der Waals surface area contributed by atoms with Crippen LogP contribution in [-0.4, -0.2) is 50.6 Å². The number of carbonyl (C=O) groups is 1. The summed E-state index contributed by atoms with van der Waals surface area (Å²) >= 11 is 0. The van der Waals surface area contributed by atoms with Crippen LogP contribution in [0.4, 0.5) is 4.79 Å². The molecule has 0 aliphatic carbocycles. The smallest absolute Gasteiger partial charge is 0.493 e. The lowest BCUT2D eigenvalue weighted by molar-refractivity contribution is -0.0616. The molecule has 0 spiro atoms. The number of hydrogen-bond donors (Lipinski definition) is 0. The van der Waals surface area contributed by atoms with Gasteiger partial charge < -0.3 is 18.9 Å². The predicted molar refractivity (Wildman–Crippen MR) is 116 cm³/mol. The van der Waals surface area contributed by atoms with E-state index >= 15 is 0 Å². The first-order chi connectivity index (χ1) is 14.4. The van der Waals surface area contributed by atoms with Crippen molar-refractivity contribution < 1.29 is 23.7 Å². The first kappa shape index (κ1) is 22.7. The fourth-order valence-corrected chi connectivity index (χ4v) is 4.78. The quantitative estimate of drug-likeness (QED) is 0.581. The molecule has 2 heterocycles. The molecule has 0 saturated carbocycles. The Hall–Kier alpha value is -1.95. The van der Waals surface area contributed by atoms with Crippen molar-refractivity contribution in [3.63, 3.8) is 0 Å². The van der Waals surface area contributed by atoms with Gasteiger partial charge in [-0.2, -0.15) is 0 Å². The van der Waals surface area contributed by atoms with Crippen molar-refractivity contribution in [3.8, 4) is 11.5 Å². The molecule has 6 nitrogen and oxygen atoms in total. The molecular weight excluding hydrogens is 382 g/mol. The molecule has 0 radical (unpaired) electrons. The van der Waals surface area contributed by atoms with Gasteiger partial charge >= 0.3 is 6.16 Å². The van der Waals surface area contributed by atoms with Crippen molar-refractivity contribution >= 4 is 6.16 Å². The van der Waals surface area contributed by atoms with E-state index in [4.69, 9.17) is 18.9 Å². The van der Waals surface area contributed by atoms with Crippen LogP contribution in [0.1, 0.15) is 64.1 Å². The minimum Gasteiger partial charge on any atom is -0.493 e. The van der Waals surface area contributed by atoms with Gasteiger partial charge in [-0.05, 0) is 55.4 Å². The van der Waals surface area contributed by atoms with E-state index in [0.29, 0.717) is 11.8 Å². The maximum Gasteiger partial charge on any atom is 0.508 e. The molecule has 1 fully saturated rings. The van der Waals surface area contributed by atoms with Crippen LogP contribution >= 0.6 is 0 Å². The average molecular weight is 420 g/mol. The van der Waals surface area contributed by atoms with Crippen LogP contribution in [0.25, 0.3) is 0 Å². The van der Waals surface area contributed by atoms with Crippen molar-refractivity contribution in [2.45, 2.75) is 71.6 Å². The number of benzene rings is 1. The molecule has 1 saturated heterocycles. The van der Waals surface area contributed by atoms with Gasteiger partial charge in [-0.25, -0.2) is 4.79 Å². The lowest BCUT2D eigenvalue weighted by Gasteiger charge is -2.47. The van der Waals surface area contributed by atoms with Gasteiger partial charge in [0.15, 0.2) is 11.5 Å². The SMILES string of the molecule is CCC(C)OC(=O)OC1CC2c3cc(OC)c(OC)cc3CCN2CC1CC(C)C. The van der Waals surface area contributed by atoms with Gasteiger partial charge in [-0.15, -0.1) is 0 Å². The Morgan fingerprint density at radius 3 is 2.50 bits per heavy atom. The van der Waals surface area contributed by atoms with Crippen molar-refractivity contribution in [1.29, 1.82) is 0 Å². The van der Waals surface area contributed by atoms with Crippen LogP contribution in [0.5, 0.6) is 11.5 Å². The summed E-state index contributed by atoms with van der Waals surface area (Å²) in [6, 6.07) is 4.40. The number of methoxy groups -OCH3 is 2. The highest BCUT2D eigenvalue weighted by Crippen LogP contribution is 2.44. The minimum absolute atomic E-state index is 0.131. The zero-order valence-electron chi connectivity index (χ0n) is 19.3. The van der Waals surface area contributed by atoms with Gasteiger partial charge in [-0.1, -0.05) is 20.8 Å². The molecule has 4 unspecified atom stereocenters. The Morgan fingerprint density at radius 1 is 1.17 bits per heavy atom. The van der Waals surface area contributed by atoms with Crippen molar-refractivity contribution in [2.24, 2.45) is 11.8 Å². The van der Waals surface area contributed by atoms with E-state index < -0.39 is 6.16 Å². The first-order valence-electron chi connectivity index (χ1n) is 11.2. The summed E-state index contributed by atoms with van der Waals surface area (Å²) in [6.45, 7) is 10.3. The molecule has 0 N–H and O–H groups in total. The average Bonchev–Trinajstić information content (AvgIpc) is 2.72. The van der Waals surface area contributed by atoms with Crippen molar-refractivity contribution in [3.05, 3.63) is 23.3 Å². The Morgan fingerprint density at radius 2 is 1.87 bits per heavy atom. The number of ether oxygens (including phenoxy) is 4. The number of piperidine rings is 1. The van der Waals surface area contributed by atoms with E-state index in [9.17, 15) is 4.79 Å². The Balaban J connectivity index is 1.84. The molecule has 4 atom stereocenters. The lowest BCUT2D eigenvalue weighted by atomic mass is 9.79. The minimum atomic E-state index is -0.542. The first-order valence-corrected chi connectivity index (χ1v) is 11.2. The van der Waals surface area contributed by atoms with Gasteiger partial charge in [0, 0.05) is 31.5 Å². The van der Waals surface area contributed by atoms with Crippen LogP contribution in [0.2, 0.25) is 0 Å². The fraction of sp³-hybridized carbons (Fsp3) is 0.708. The third-order valence-electron chi connectivity index (χ3n) is 6.46. The third kappa shape index (κ3) is 5.02. The van der Waals surface area contributed by atoms with Gasteiger partial charge in [-0.3, -0.25) is 4.90 Å². The molecule has 0 amide bonds. The highest BCUT2D eigenvalue weighted by atomic mass is 16.7. The van der Waals surface area contributed by atoms with E-state index in [2.05, 4.69) is 30.9 Å². The Bertz CT molecular complexity index is 735. The summed E-state index contributed by atoms with van der Waals surface area (Å²) in [7, 11) is 3.34. The molecular formula is C24H37NO5. The maximum absolute atomic E-state index is 12.4. The second-order valence-electron chi connectivity index (χ2n) is 9.04. The van der Waals surface area contributed by atoms with E-state index in [1.807, 2.05) is 13.8 Å². The predicted octanol–water partition coefficient (Wildman–Crippen LogP) is 4.99. The number of nitrogens with zero attached hydrogens (tertiary/aromatic N) is 1. The molecule has 0 aromatic heterocycles. The van der Waals surface area contributed by atoms with Crippen LogP contribution in [0, 0.1) is 11.8 Å². The topological polar surface area (TPSA) is 57.2 Å². The number of fused-ring (bicyclic) bond motifs is 3. The molecule has 2 aliphatic heterocycles. The summed E-state index contributed by atoms with van der Waals surface area (Å²) in [5.74, 6) is 2.37. The monoisotopic (exact) mass is 419 g/mol. The Kier molecular flexibility index (Phi) is 7.50. The highest BCUT2D eigenvalue weighted by molar-refractivity contribution is 5.60. The van der Waals surface area contributed by atoms with E-state index in [1.165, 1.54) is 11.1 Å². The summed E-state index contributed by atoms with van der Waals surface area (Å²) in [5.41, 5.74) is 2.54. The van der Waals surface area contributed by atoms with Crippen molar-refractivity contribution in [1.82, 2.24) is 4.90 Å². The largest absolute Gasteiger partial charge is 0.508 e. The van der Waals surface area contributed by atoms with E-state index in [0.717, 1.165) is 50.3 Å². The van der Waals surface area contributed by atoms with Crippen LogP contribution in [-0.2, 0) is 15.9 Å². The van der Waals surface area contributed by atoms with Gasteiger partial charge in [0.1, 0.15) is 12.2 Å². The molecule has 3 rings (SSSR count). The fourth-order valence-electron chi connectivity index (χ4n) is 4.78.